The fourth-order valence-corrected chi connectivity index (χ4v) is 2.25. The largest absolute Gasteiger partial charge is 0.329 e. The van der Waals surface area contributed by atoms with Crippen molar-refractivity contribution in [3.8, 4) is 6.07 Å². The van der Waals surface area contributed by atoms with Gasteiger partial charge in [0.15, 0.2) is 0 Å². The molecule has 0 saturated heterocycles. The summed E-state index contributed by atoms with van der Waals surface area (Å²) >= 11 is 0. The second-order valence-corrected chi connectivity index (χ2v) is 5.96. The van der Waals surface area contributed by atoms with Gasteiger partial charge < -0.3 is 11.1 Å². The van der Waals surface area contributed by atoms with Crippen LogP contribution >= 0.6 is 0 Å². The molecule has 0 radical (unpaired) electrons. The SMILES string of the molecule is CCC(CC)(CN)C(=O)Nc1ccc(C(C)(C)C#N)cc1. The third kappa shape index (κ3) is 3.62. The smallest absolute Gasteiger partial charge is 0.231 e. The Bertz CT molecular complexity index is 514. The summed E-state index contributed by atoms with van der Waals surface area (Å²) in [7, 11) is 0. The lowest BCUT2D eigenvalue weighted by atomic mass is 9.81. The molecule has 0 aliphatic carbocycles. The van der Waals surface area contributed by atoms with Crippen LogP contribution in [0.15, 0.2) is 24.3 Å². The highest BCUT2D eigenvalue weighted by Crippen LogP contribution is 2.28. The number of carbonyl (C=O) groups excluding carboxylic acids is 1. The molecule has 0 bridgehead atoms. The van der Waals surface area contributed by atoms with E-state index < -0.39 is 10.8 Å². The molecular weight excluding hydrogens is 262 g/mol. The predicted octanol–water partition coefficient (Wildman–Crippen LogP) is 3.19. The van der Waals surface area contributed by atoms with E-state index in [0.717, 1.165) is 11.3 Å². The Hall–Kier alpha value is -1.86. The van der Waals surface area contributed by atoms with Gasteiger partial charge in [0.1, 0.15) is 0 Å². The highest BCUT2D eigenvalue weighted by Gasteiger charge is 2.33. The average Bonchev–Trinajstić information content (AvgIpc) is 2.50. The summed E-state index contributed by atoms with van der Waals surface area (Å²) < 4.78 is 0. The number of anilines is 1. The second-order valence-electron chi connectivity index (χ2n) is 5.96. The maximum atomic E-state index is 12.4. The quantitative estimate of drug-likeness (QED) is 0.843. The molecule has 4 nitrogen and oxygen atoms in total. The summed E-state index contributed by atoms with van der Waals surface area (Å²) in [4.78, 5) is 12.4. The van der Waals surface area contributed by atoms with Crippen LogP contribution in [-0.4, -0.2) is 12.5 Å². The lowest BCUT2D eigenvalue weighted by molar-refractivity contribution is -0.125. The van der Waals surface area contributed by atoms with Gasteiger partial charge in [-0.1, -0.05) is 26.0 Å². The normalized spacial score (nSPS) is 11.8. The molecule has 1 aromatic rings. The molecule has 0 atom stereocenters. The van der Waals surface area contributed by atoms with Crippen LogP contribution in [0, 0.1) is 16.7 Å². The Morgan fingerprint density at radius 3 is 2.14 bits per heavy atom. The van der Waals surface area contributed by atoms with E-state index in [-0.39, 0.29) is 5.91 Å². The molecule has 114 valence electrons. The zero-order chi connectivity index (χ0) is 16.1. The van der Waals surface area contributed by atoms with E-state index in [2.05, 4.69) is 11.4 Å². The minimum absolute atomic E-state index is 0.0395. The lowest BCUT2D eigenvalue weighted by Crippen LogP contribution is -2.41. The zero-order valence-electron chi connectivity index (χ0n) is 13.4. The molecule has 0 saturated carbocycles. The number of nitrogens with two attached hydrogens (primary N) is 1. The van der Waals surface area contributed by atoms with Crippen molar-refractivity contribution in [3.05, 3.63) is 29.8 Å². The third-order valence-electron chi connectivity index (χ3n) is 4.37. The van der Waals surface area contributed by atoms with Crippen molar-refractivity contribution in [2.75, 3.05) is 11.9 Å². The Labute approximate surface area is 127 Å². The van der Waals surface area contributed by atoms with Gasteiger partial charge in [-0.05, 0) is 44.4 Å². The standard InChI is InChI=1S/C17H25N3O/c1-5-17(6-2,12-19)15(21)20-14-9-7-13(8-10-14)16(3,4)11-18/h7-10H,5-6,12,19H2,1-4H3,(H,20,21). The molecule has 21 heavy (non-hydrogen) atoms. The van der Waals surface area contributed by atoms with Crippen LogP contribution in [0.3, 0.4) is 0 Å². The topological polar surface area (TPSA) is 78.9 Å². The van der Waals surface area contributed by atoms with E-state index in [9.17, 15) is 4.79 Å². The van der Waals surface area contributed by atoms with E-state index in [0.29, 0.717) is 19.4 Å². The van der Waals surface area contributed by atoms with E-state index in [1.165, 1.54) is 0 Å². The van der Waals surface area contributed by atoms with Crippen molar-refractivity contribution in [3.63, 3.8) is 0 Å². The lowest BCUT2D eigenvalue weighted by Gasteiger charge is -2.28. The summed E-state index contributed by atoms with van der Waals surface area (Å²) in [6.45, 7) is 8.04. The molecule has 1 rings (SSSR count). The van der Waals surface area contributed by atoms with Gasteiger partial charge >= 0.3 is 0 Å². The highest BCUT2D eigenvalue weighted by atomic mass is 16.2. The van der Waals surface area contributed by atoms with Crippen LogP contribution in [0.25, 0.3) is 0 Å². The molecule has 0 heterocycles. The fourth-order valence-electron chi connectivity index (χ4n) is 2.25. The first-order chi connectivity index (χ1) is 9.85. The molecule has 1 aromatic carbocycles. The van der Waals surface area contributed by atoms with Crippen LogP contribution in [-0.2, 0) is 10.2 Å². The average molecular weight is 287 g/mol. The summed E-state index contributed by atoms with van der Waals surface area (Å²) in [6, 6.07) is 9.68. The molecule has 0 spiro atoms. The fraction of sp³-hybridized carbons (Fsp3) is 0.529. The zero-order valence-corrected chi connectivity index (χ0v) is 13.4. The first-order valence-corrected chi connectivity index (χ1v) is 7.38. The molecule has 0 aromatic heterocycles. The van der Waals surface area contributed by atoms with Crippen LogP contribution in [0.1, 0.15) is 46.1 Å². The highest BCUT2D eigenvalue weighted by molar-refractivity contribution is 5.95. The summed E-state index contributed by atoms with van der Waals surface area (Å²) in [6.07, 6.45) is 1.43. The van der Waals surface area contributed by atoms with Crippen molar-refractivity contribution < 1.29 is 4.79 Å². The first-order valence-electron chi connectivity index (χ1n) is 7.38. The number of amides is 1. The van der Waals surface area contributed by atoms with Crippen molar-refractivity contribution in [2.45, 2.75) is 46.0 Å². The van der Waals surface area contributed by atoms with Gasteiger partial charge in [0.25, 0.3) is 0 Å². The first kappa shape index (κ1) is 17.2. The molecule has 0 fully saturated rings. The third-order valence-corrected chi connectivity index (χ3v) is 4.37. The van der Waals surface area contributed by atoms with Crippen molar-refractivity contribution in [2.24, 2.45) is 11.1 Å². The van der Waals surface area contributed by atoms with Gasteiger partial charge in [0, 0.05) is 12.2 Å². The van der Waals surface area contributed by atoms with Gasteiger partial charge in [-0.15, -0.1) is 0 Å². The van der Waals surface area contributed by atoms with Crippen LogP contribution < -0.4 is 11.1 Å². The molecule has 0 aliphatic rings. The number of rotatable bonds is 6. The van der Waals surface area contributed by atoms with E-state index in [4.69, 9.17) is 11.0 Å². The van der Waals surface area contributed by atoms with Gasteiger partial charge in [0.2, 0.25) is 5.91 Å². The second kappa shape index (κ2) is 6.73. The number of carbonyl (C=O) groups is 1. The van der Waals surface area contributed by atoms with E-state index in [1.54, 1.807) is 0 Å². The number of nitrogens with one attached hydrogen (secondary N) is 1. The number of benzene rings is 1. The van der Waals surface area contributed by atoms with Crippen molar-refractivity contribution >= 4 is 11.6 Å². The maximum Gasteiger partial charge on any atom is 0.231 e. The summed E-state index contributed by atoms with van der Waals surface area (Å²) in [5, 5.41) is 12.1. The van der Waals surface area contributed by atoms with Gasteiger partial charge in [0.05, 0.1) is 16.9 Å². The minimum atomic E-state index is -0.531. The van der Waals surface area contributed by atoms with Crippen LogP contribution in [0.4, 0.5) is 5.69 Å². The molecule has 0 aliphatic heterocycles. The maximum absolute atomic E-state index is 12.4. The molecule has 1 amide bonds. The predicted molar refractivity (Wildman–Crippen MR) is 85.8 cm³/mol. The van der Waals surface area contributed by atoms with E-state index >= 15 is 0 Å². The molecule has 4 heteroatoms. The Kier molecular flexibility index (Phi) is 5.51. The number of hydrogen-bond donors (Lipinski definition) is 2. The molecular formula is C17H25N3O. The molecule has 3 N–H and O–H groups in total. The monoisotopic (exact) mass is 287 g/mol. The van der Waals surface area contributed by atoms with E-state index in [1.807, 2.05) is 52.0 Å². The number of nitriles is 1. The van der Waals surface area contributed by atoms with Gasteiger partial charge in [-0.2, -0.15) is 5.26 Å². The Morgan fingerprint density at radius 2 is 1.76 bits per heavy atom. The molecule has 0 unspecified atom stereocenters. The van der Waals surface area contributed by atoms with Crippen LogP contribution in [0.2, 0.25) is 0 Å². The van der Waals surface area contributed by atoms with Gasteiger partial charge in [-0.3, -0.25) is 4.79 Å². The van der Waals surface area contributed by atoms with Crippen LogP contribution in [0.5, 0.6) is 0 Å². The van der Waals surface area contributed by atoms with Crippen molar-refractivity contribution in [1.29, 1.82) is 5.26 Å². The summed E-state index contributed by atoms with van der Waals surface area (Å²) in [5.41, 5.74) is 6.41. The number of nitrogens with zero attached hydrogens (tertiary/aromatic N) is 1. The number of hydrogen-bond acceptors (Lipinski definition) is 3. The Morgan fingerprint density at radius 1 is 1.24 bits per heavy atom. The minimum Gasteiger partial charge on any atom is -0.329 e. The van der Waals surface area contributed by atoms with Crippen molar-refractivity contribution in [1.82, 2.24) is 0 Å². The van der Waals surface area contributed by atoms with Gasteiger partial charge in [-0.25, -0.2) is 0 Å². The summed E-state index contributed by atoms with van der Waals surface area (Å²) in [5.74, 6) is -0.0395. The Balaban J connectivity index is 2.91.